The van der Waals surface area contributed by atoms with Crippen LogP contribution in [0.2, 0.25) is 5.02 Å². The number of ether oxygens (including phenoxy) is 1. The lowest BCUT2D eigenvalue weighted by Gasteiger charge is -2.13. The van der Waals surface area contributed by atoms with Crippen LogP contribution in [0.5, 0.6) is 11.5 Å². The van der Waals surface area contributed by atoms with Crippen molar-refractivity contribution in [2.45, 2.75) is 4.90 Å². The summed E-state index contributed by atoms with van der Waals surface area (Å²) in [6, 6.07) is 9.87. The van der Waals surface area contributed by atoms with Gasteiger partial charge >= 0.3 is 10.1 Å². The second-order valence-corrected chi connectivity index (χ2v) is 9.08. The number of rotatable bonds is 7. The fourth-order valence-electron chi connectivity index (χ4n) is 2.59. The molecule has 1 aliphatic heterocycles. The van der Waals surface area contributed by atoms with E-state index in [0.29, 0.717) is 21.7 Å². The molecule has 0 saturated carbocycles. The number of hydrogen-bond donors (Lipinski definition) is 1. The molecule has 0 bridgehead atoms. The molecule has 3 amide bonds. The number of primary amides is 1. The Morgan fingerprint density at radius 2 is 1.87 bits per heavy atom. The van der Waals surface area contributed by atoms with Crippen LogP contribution < -0.4 is 14.7 Å². The van der Waals surface area contributed by atoms with Gasteiger partial charge in [0.25, 0.3) is 11.1 Å². The van der Waals surface area contributed by atoms with Crippen molar-refractivity contribution in [2.24, 2.45) is 5.73 Å². The molecule has 0 aromatic heterocycles. The predicted octanol–water partition coefficient (Wildman–Crippen LogP) is 2.64. The lowest BCUT2D eigenvalue weighted by Crippen LogP contribution is -2.36. The zero-order valence-electron chi connectivity index (χ0n) is 15.9. The zero-order valence-corrected chi connectivity index (χ0v) is 18.3. The summed E-state index contributed by atoms with van der Waals surface area (Å²) in [7, 11) is -2.95. The quantitative estimate of drug-likeness (QED) is 0.470. The lowest BCUT2D eigenvalue weighted by atomic mass is 10.1. The molecule has 2 aromatic carbocycles. The largest absolute Gasteiger partial charge is 0.493 e. The Hall–Kier alpha value is -3.02. The molecule has 2 aromatic rings. The first-order valence-electron chi connectivity index (χ1n) is 8.53. The van der Waals surface area contributed by atoms with Gasteiger partial charge in [-0.05, 0) is 48.2 Å². The van der Waals surface area contributed by atoms with E-state index in [1.165, 1.54) is 49.6 Å². The highest BCUT2D eigenvalue weighted by atomic mass is 35.5. The highest BCUT2D eigenvalue weighted by Gasteiger charge is 2.36. The van der Waals surface area contributed by atoms with E-state index in [0.717, 1.165) is 0 Å². The van der Waals surface area contributed by atoms with Crippen LogP contribution >= 0.6 is 23.4 Å². The summed E-state index contributed by atoms with van der Waals surface area (Å²) in [6.07, 6.45) is 1.28. The van der Waals surface area contributed by atoms with Crippen molar-refractivity contribution < 1.29 is 31.7 Å². The second-order valence-electron chi connectivity index (χ2n) is 6.10. The maximum atomic E-state index is 12.7. The molecule has 0 spiro atoms. The summed E-state index contributed by atoms with van der Waals surface area (Å²) >= 11 is 6.39. The predicted molar refractivity (Wildman–Crippen MR) is 114 cm³/mol. The summed E-state index contributed by atoms with van der Waals surface area (Å²) in [5.41, 5.74) is 5.23. The van der Waals surface area contributed by atoms with E-state index in [1.807, 2.05) is 0 Å². The van der Waals surface area contributed by atoms with Crippen LogP contribution in [0.3, 0.4) is 0 Å². The monoisotopic (exact) mass is 482 g/mol. The van der Waals surface area contributed by atoms with Crippen molar-refractivity contribution in [2.75, 3.05) is 13.7 Å². The van der Waals surface area contributed by atoms with Gasteiger partial charge in [-0.3, -0.25) is 19.3 Å². The molecule has 2 N–H and O–H groups in total. The third-order valence-corrected chi connectivity index (χ3v) is 6.39. The number of hydrogen-bond acceptors (Lipinski definition) is 8. The van der Waals surface area contributed by atoms with Crippen molar-refractivity contribution in [3.8, 4) is 11.5 Å². The summed E-state index contributed by atoms with van der Waals surface area (Å²) < 4.78 is 36.0. The average Bonchev–Trinajstić information content (AvgIpc) is 2.96. The van der Waals surface area contributed by atoms with E-state index in [1.54, 1.807) is 6.07 Å². The van der Waals surface area contributed by atoms with Crippen LogP contribution in [0.15, 0.2) is 52.3 Å². The lowest BCUT2D eigenvalue weighted by molar-refractivity contribution is -0.127. The fourth-order valence-corrected chi connectivity index (χ4v) is 4.51. The molecule has 1 heterocycles. The number of carbonyl (C=O) groups is 3. The molecule has 162 valence electrons. The molecule has 1 aliphatic rings. The van der Waals surface area contributed by atoms with E-state index < -0.39 is 33.7 Å². The van der Waals surface area contributed by atoms with Gasteiger partial charge < -0.3 is 14.7 Å². The molecular weight excluding hydrogens is 468 g/mol. The van der Waals surface area contributed by atoms with E-state index in [9.17, 15) is 22.8 Å². The van der Waals surface area contributed by atoms with Crippen LogP contribution in [-0.4, -0.2) is 44.0 Å². The molecule has 9 nitrogen and oxygen atoms in total. The van der Waals surface area contributed by atoms with Gasteiger partial charge in [0.2, 0.25) is 5.91 Å². The SMILES string of the molecule is COc1cccc(/C=C2\SC(=O)N(CC(N)=O)C2=O)c1OS(=O)(=O)c1ccc(Cl)cc1. The van der Waals surface area contributed by atoms with Crippen molar-refractivity contribution >= 4 is 56.6 Å². The molecule has 1 fully saturated rings. The minimum Gasteiger partial charge on any atom is -0.493 e. The zero-order chi connectivity index (χ0) is 22.8. The van der Waals surface area contributed by atoms with Gasteiger partial charge in [0, 0.05) is 10.6 Å². The first kappa shape index (κ1) is 22.7. The van der Waals surface area contributed by atoms with Crippen molar-refractivity contribution in [3.05, 3.63) is 58.0 Å². The van der Waals surface area contributed by atoms with Crippen LogP contribution in [0.25, 0.3) is 6.08 Å². The highest BCUT2D eigenvalue weighted by Crippen LogP contribution is 2.38. The van der Waals surface area contributed by atoms with Crippen LogP contribution in [0.1, 0.15) is 5.56 Å². The van der Waals surface area contributed by atoms with Gasteiger partial charge in [-0.15, -0.1) is 0 Å². The van der Waals surface area contributed by atoms with E-state index >= 15 is 0 Å². The Kier molecular flexibility index (Phi) is 6.58. The third-order valence-electron chi connectivity index (χ3n) is 4.00. The number of para-hydroxylation sites is 1. The number of nitrogens with two attached hydrogens (primary N) is 1. The Bertz CT molecular complexity index is 1190. The first-order valence-corrected chi connectivity index (χ1v) is 11.1. The van der Waals surface area contributed by atoms with Gasteiger partial charge in [0.05, 0.1) is 12.0 Å². The molecule has 0 aliphatic carbocycles. The number of amides is 3. The minimum atomic E-state index is -4.27. The van der Waals surface area contributed by atoms with E-state index in [4.69, 9.17) is 26.3 Å². The van der Waals surface area contributed by atoms with Crippen LogP contribution in [0.4, 0.5) is 4.79 Å². The Labute approximate surface area is 186 Å². The average molecular weight is 483 g/mol. The van der Waals surface area contributed by atoms with Crippen molar-refractivity contribution in [3.63, 3.8) is 0 Å². The maximum Gasteiger partial charge on any atom is 0.339 e. The maximum absolute atomic E-state index is 12.7. The fraction of sp³-hybridized carbons (Fsp3) is 0.105. The van der Waals surface area contributed by atoms with Crippen LogP contribution in [-0.2, 0) is 19.7 Å². The Morgan fingerprint density at radius 3 is 2.48 bits per heavy atom. The number of benzene rings is 2. The van der Waals surface area contributed by atoms with Gasteiger partial charge in [-0.1, -0.05) is 23.7 Å². The van der Waals surface area contributed by atoms with Gasteiger partial charge in [-0.2, -0.15) is 8.42 Å². The third kappa shape index (κ3) is 5.01. The molecule has 3 rings (SSSR count). The number of carbonyl (C=O) groups excluding carboxylic acids is 3. The number of imide groups is 1. The summed E-state index contributed by atoms with van der Waals surface area (Å²) in [5, 5.41) is -0.321. The summed E-state index contributed by atoms with van der Waals surface area (Å²) in [4.78, 5) is 36.1. The second kappa shape index (κ2) is 9.00. The molecule has 12 heteroatoms. The topological polar surface area (TPSA) is 133 Å². The molecule has 31 heavy (non-hydrogen) atoms. The standard InChI is InChI=1S/C19H15ClN2O7S2/c1-28-14-4-2-3-11(9-15-18(24)22(10-16(21)23)19(25)30-15)17(14)29-31(26,27)13-7-5-12(20)6-8-13/h2-9H,10H2,1H3,(H2,21,23)/b15-9-. The van der Waals surface area contributed by atoms with Crippen LogP contribution in [0, 0.1) is 0 Å². The van der Waals surface area contributed by atoms with E-state index in [-0.39, 0.29) is 26.9 Å². The summed E-state index contributed by atoms with van der Waals surface area (Å²) in [6.45, 7) is -0.561. The minimum absolute atomic E-state index is 0.0340. The number of thioether (sulfide) groups is 1. The molecular formula is C19H15ClN2O7S2. The van der Waals surface area contributed by atoms with E-state index in [2.05, 4.69) is 0 Å². The Morgan fingerprint density at radius 1 is 1.19 bits per heavy atom. The number of methoxy groups -OCH3 is 1. The number of halogens is 1. The van der Waals surface area contributed by atoms with Gasteiger partial charge in [-0.25, -0.2) is 0 Å². The van der Waals surface area contributed by atoms with Crippen molar-refractivity contribution in [1.82, 2.24) is 4.90 Å². The molecule has 0 radical (unpaired) electrons. The summed E-state index contributed by atoms with van der Waals surface area (Å²) in [5.74, 6) is -1.67. The molecule has 1 saturated heterocycles. The number of nitrogens with zero attached hydrogens (tertiary/aromatic N) is 1. The smallest absolute Gasteiger partial charge is 0.339 e. The first-order chi connectivity index (χ1) is 14.6. The molecule has 0 atom stereocenters. The van der Waals surface area contributed by atoms with Gasteiger partial charge in [0.1, 0.15) is 11.4 Å². The van der Waals surface area contributed by atoms with Crippen molar-refractivity contribution in [1.29, 1.82) is 0 Å². The Balaban J connectivity index is 2.01. The normalized spacial score (nSPS) is 15.4. The highest BCUT2D eigenvalue weighted by molar-refractivity contribution is 8.18. The molecule has 0 unspecified atom stereocenters. The van der Waals surface area contributed by atoms with Gasteiger partial charge in [0.15, 0.2) is 11.5 Å².